The number of amides is 3. The van der Waals surface area contributed by atoms with Crippen LogP contribution < -0.4 is 21.3 Å². The van der Waals surface area contributed by atoms with Gasteiger partial charge in [0.25, 0.3) is 5.91 Å². The van der Waals surface area contributed by atoms with Crippen LogP contribution in [0.2, 0.25) is 5.02 Å². The van der Waals surface area contributed by atoms with Gasteiger partial charge in [-0.15, -0.1) is 0 Å². The van der Waals surface area contributed by atoms with Crippen LogP contribution in [0.25, 0.3) is 11.7 Å². The van der Waals surface area contributed by atoms with E-state index < -0.39 is 11.9 Å². The summed E-state index contributed by atoms with van der Waals surface area (Å²) in [6.07, 6.45) is 5.25. The molecule has 3 amide bonds. The second kappa shape index (κ2) is 7.55. The van der Waals surface area contributed by atoms with E-state index in [1.54, 1.807) is 28.9 Å². The summed E-state index contributed by atoms with van der Waals surface area (Å²) in [5, 5.41) is 25.3. The van der Waals surface area contributed by atoms with Crippen LogP contribution in [0.15, 0.2) is 30.1 Å². The molecule has 5 rings (SSSR count). The average molecular weight is 449 g/mol. The van der Waals surface area contributed by atoms with Gasteiger partial charge in [0.1, 0.15) is 17.3 Å². The molecule has 32 heavy (non-hydrogen) atoms. The fraction of sp³-hybridized carbons (Fsp3) is 0.190. The van der Waals surface area contributed by atoms with E-state index in [2.05, 4.69) is 32.4 Å². The average Bonchev–Trinajstić information content (AvgIpc) is 3.42. The van der Waals surface area contributed by atoms with Crippen molar-refractivity contribution in [1.29, 1.82) is 5.26 Å². The largest absolute Gasteiger partial charge is 0.367 e. The number of fused-ring (bicyclic) bond motifs is 1. The van der Waals surface area contributed by atoms with Crippen LogP contribution in [-0.4, -0.2) is 32.6 Å². The number of hydrogen-bond donors (Lipinski definition) is 4. The normalized spacial score (nSPS) is 16.7. The van der Waals surface area contributed by atoms with Gasteiger partial charge in [0.15, 0.2) is 5.65 Å². The second-order valence-electron chi connectivity index (χ2n) is 7.59. The van der Waals surface area contributed by atoms with Crippen molar-refractivity contribution in [2.75, 3.05) is 10.6 Å². The molecule has 1 saturated heterocycles. The maximum Gasteiger partial charge on any atom is 0.326 e. The quantitative estimate of drug-likeness (QED) is 0.348. The molecule has 1 aromatic carbocycles. The Hall–Kier alpha value is -4.10. The lowest BCUT2D eigenvalue weighted by atomic mass is 10.2. The van der Waals surface area contributed by atoms with Gasteiger partial charge < -0.3 is 16.0 Å². The van der Waals surface area contributed by atoms with Crippen LogP contribution in [0.5, 0.6) is 0 Å². The molecule has 1 aliphatic carbocycles. The van der Waals surface area contributed by atoms with E-state index in [9.17, 15) is 9.59 Å². The Morgan fingerprint density at radius 1 is 1.31 bits per heavy atom. The summed E-state index contributed by atoms with van der Waals surface area (Å²) in [5.41, 5.74) is 3.06. The van der Waals surface area contributed by atoms with E-state index >= 15 is 0 Å². The molecule has 0 atom stereocenters. The van der Waals surface area contributed by atoms with Gasteiger partial charge in [-0.3, -0.25) is 10.1 Å². The molecule has 1 aliphatic heterocycles. The molecule has 2 fully saturated rings. The lowest BCUT2D eigenvalue weighted by Crippen LogP contribution is -2.22. The Balaban J connectivity index is 1.62. The number of rotatable bonds is 5. The van der Waals surface area contributed by atoms with Gasteiger partial charge in [0.05, 0.1) is 28.5 Å². The number of carbonyl (C=O) groups excluding carboxylic acids is 2. The fourth-order valence-corrected chi connectivity index (χ4v) is 3.58. The van der Waals surface area contributed by atoms with Gasteiger partial charge in [-0.2, -0.15) is 14.9 Å². The summed E-state index contributed by atoms with van der Waals surface area (Å²) in [6.45, 7) is 1.92. The van der Waals surface area contributed by atoms with Crippen molar-refractivity contribution in [2.24, 2.45) is 0 Å². The number of anilines is 3. The van der Waals surface area contributed by atoms with Crippen LogP contribution in [0, 0.1) is 18.3 Å². The minimum atomic E-state index is -0.574. The highest BCUT2D eigenvalue weighted by Gasteiger charge is 2.26. The molecule has 2 aromatic heterocycles. The number of halogens is 1. The first-order valence-corrected chi connectivity index (χ1v) is 10.3. The number of carbonyl (C=O) groups is 2. The summed E-state index contributed by atoms with van der Waals surface area (Å²) in [7, 11) is 0. The number of benzene rings is 1. The monoisotopic (exact) mass is 448 g/mol. The molecule has 4 N–H and O–H groups in total. The Morgan fingerprint density at radius 3 is 2.78 bits per heavy atom. The standard InChI is InChI=1S/C21H17ClN8O2/c1-10-17(26-15-5-2-11(8-23)6-14(15)22)28-19-12(7-16-20(31)29-21(32)27-16)9-24-30(19)18(10)25-13-3-4-13/h2,5-7,9,13,25H,3-4H2,1H3,(H,26,28)(H2,27,29,31,32). The zero-order chi connectivity index (χ0) is 22.4. The van der Waals surface area contributed by atoms with Crippen LogP contribution in [0.3, 0.4) is 0 Å². The molecule has 0 unspecified atom stereocenters. The first kappa shape index (κ1) is 19.8. The molecule has 3 aromatic rings. The Labute approximate surface area is 187 Å². The molecule has 10 nitrogen and oxygen atoms in total. The van der Waals surface area contributed by atoms with Crippen molar-refractivity contribution >= 4 is 52.6 Å². The summed E-state index contributed by atoms with van der Waals surface area (Å²) in [5.74, 6) is 0.808. The zero-order valence-electron chi connectivity index (χ0n) is 16.9. The number of urea groups is 1. The van der Waals surface area contributed by atoms with Crippen molar-refractivity contribution in [3.63, 3.8) is 0 Å². The van der Waals surface area contributed by atoms with E-state index in [0.717, 1.165) is 24.2 Å². The number of nitriles is 1. The molecule has 0 spiro atoms. The predicted molar refractivity (Wildman–Crippen MR) is 118 cm³/mol. The third kappa shape index (κ3) is 3.59. The molecule has 1 saturated carbocycles. The lowest BCUT2D eigenvalue weighted by molar-refractivity contribution is -0.115. The van der Waals surface area contributed by atoms with Crippen LogP contribution in [0.1, 0.15) is 29.5 Å². The molecule has 160 valence electrons. The highest BCUT2D eigenvalue weighted by molar-refractivity contribution is 6.33. The van der Waals surface area contributed by atoms with Crippen molar-refractivity contribution < 1.29 is 9.59 Å². The minimum Gasteiger partial charge on any atom is -0.367 e. The summed E-state index contributed by atoms with van der Waals surface area (Å²) >= 11 is 6.35. The SMILES string of the molecule is Cc1c(Nc2ccc(C#N)cc2Cl)nc2c(C=C3NC(=O)NC3=O)cnn2c1NC1CC1. The van der Waals surface area contributed by atoms with Gasteiger partial charge in [0.2, 0.25) is 0 Å². The number of hydrogen-bond acceptors (Lipinski definition) is 7. The molecule has 3 heterocycles. The van der Waals surface area contributed by atoms with Gasteiger partial charge in [-0.25, -0.2) is 9.78 Å². The number of nitrogens with zero attached hydrogens (tertiary/aromatic N) is 4. The van der Waals surface area contributed by atoms with E-state index in [0.29, 0.717) is 39.3 Å². The molecule has 0 radical (unpaired) electrons. The minimum absolute atomic E-state index is 0.119. The Morgan fingerprint density at radius 2 is 2.12 bits per heavy atom. The molecule has 11 heteroatoms. The third-order valence-corrected chi connectivity index (χ3v) is 5.51. The van der Waals surface area contributed by atoms with E-state index in [-0.39, 0.29) is 5.70 Å². The first-order valence-electron chi connectivity index (χ1n) is 9.88. The van der Waals surface area contributed by atoms with E-state index in [4.69, 9.17) is 21.8 Å². The van der Waals surface area contributed by atoms with Gasteiger partial charge >= 0.3 is 6.03 Å². The smallest absolute Gasteiger partial charge is 0.326 e. The highest BCUT2D eigenvalue weighted by atomic mass is 35.5. The predicted octanol–water partition coefficient (Wildman–Crippen LogP) is 3.06. The number of aromatic nitrogens is 3. The van der Waals surface area contributed by atoms with E-state index in [1.165, 1.54) is 6.08 Å². The molecular weight excluding hydrogens is 432 g/mol. The molecule has 2 aliphatic rings. The van der Waals surface area contributed by atoms with Crippen LogP contribution in [-0.2, 0) is 4.79 Å². The van der Waals surface area contributed by atoms with Crippen LogP contribution >= 0.6 is 11.6 Å². The maximum absolute atomic E-state index is 11.9. The molecule has 0 bridgehead atoms. The van der Waals surface area contributed by atoms with Gasteiger partial charge in [-0.1, -0.05) is 11.6 Å². The maximum atomic E-state index is 11.9. The second-order valence-corrected chi connectivity index (χ2v) is 7.99. The first-order chi connectivity index (χ1) is 15.4. The fourth-order valence-electron chi connectivity index (χ4n) is 3.36. The zero-order valence-corrected chi connectivity index (χ0v) is 17.6. The van der Waals surface area contributed by atoms with Gasteiger partial charge in [0, 0.05) is 17.2 Å². The lowest BCUT2D eigenvalue weighted by Gasteiger charge is -2.16. The van der Waals surface area contributed by atoms with Crippen molar-refractivity contribution in [2.45, 2.75) is 25.8 Å². The van der Waals surface area contributed by atoms with Gasteiger partial charge in [-0.05, 0) is 44.0 Å². The van der Waals surface area contributed by atoms with E-state index in [1.807, 2.05) is 6.92 Å². The van der Waals surface area contributed by atoms with Crippen LogP contribution in [0.4, 0.5) is 22.1 Å². The van der Waals surface area contributed by atoms with Crippen molar-refractivity contribution in [3.8, 4) is 6.07 Å². The topological polar surface area (TPSA) is 136 Å². The third-order valence-electron chi connectivity index (χ3n) is 5.20. The van der Waals surface area contributed by atoms with Crippen molar-refractivity contribution in [3.05, 3.63) is 51.8 Å². The summed E-state index contributed by atoms with van der Waals surface area (Å²) in [6, 6.07) is 6.81. The number of nitrogens with one attached hydrogen (secondary N) is 4. The Kier molecular flexibility index (Phi) is 4.68. The highest BCUT2D eigenvalue weighted by Crippen LogP contribution is 2.33. The summed E-state index contributed by atoms with van der Waals surface area (Å²) < 4.78 is 1.68. The Bertz CT molecular complexity index is 1370. The van der Waals surface area contributed by atoms with Crippen molar-refractivity contribution in [1.82, 2.24) is 25.2 Å². The molecular formula is C21H17ClN8O2. The summed E-state index contributed by atoms with van der Waals surface area (Å²) in [4.78, 5) is 28.1. The number of imide groups is 1.